The summed E-state index contributed by atoms with van der Waals surface area (Å²) >= 11 is 0. The van der Waals surface area contributed by atoms with Gasteiger partial charge in [0.1, 0.15) is 12.1 Å². The Kier molecular flexibility index (Phi) is 3.64. The third kappa shape index (κ3) is 2.49. The van der Waals surface area contributed by atoms with E-state index >= 15 is 0 Å². The maximum absolute atomic E-state index is 9.47. The Balaban J connectivity index is 1.79. The fourth-order valence-corrected chi connectivity index (χ4v) is 2.61. The molecule has 0 spiro atoms. The van der Waals surface area contributed by atoms with Gasteiger partial charge in [-0.05, 0) is 18.2 Å². The zero-order valence-corrected chi connectivity index (χ0v) is 12.8. The van der Waals surface area contributed by atoms with Crippen molar-refractivity contribution in [1.29, 1.82) is 0 Å². The number of fused-ring (bicyclic) bond motifs is 1. The molecule has 0 saturated carbocycles. The maximum Gasteiger partial charge on any atom is 0.168 e. The van der Waals surface area contributed by atoms with Crippen molar-refractivity contribution in [2.45, 2.75) is 6.61 Å². The van der Waals surface area contributed by atoms with Crippen LogP contribution in [-0.2, 0) is 6.61 Å². The molecule has 4 aromatic rings. The van der Waals surface area contributed by atoms with Crippen LogP contribution in [-0.4, -0.2) is 24.9 Å². The van der Waals surface area contributed by atoms with Gasteiger partial charge in [-0.2, -0.15) is 5.10 Å². The highest BCUT2D eigenvalue weighted by atomic mass is 16.3. The van der Waals surface area contributed by atoms with Crippen LogP contribution in [0.3, 0.4) is 0 Å². The molecule has 0 saturated heterocycles. The van der Waals surface area contributed by atoms with Crippen molar-refractivity contribution in [3.05, 3.63) is 72.7 Å². The minimum Gasteiger partial charge on any atom is -0.392 e. The molecule has 0 aliphatic carbocycles. The molecule has 2 aromatic heterocycles. The van der Waals surface area contributed by atoms with Gasteiger partial charge in [-0.3, -0.25) is 0 Å². The molecule has 6 heteroatoms. The molecule has 0 fully saturated rings. The lowest BCUT2D eigenvalue weighted by molar-refractivity contribution is 0.282. The number of anilines is 2. The first-order valence-corrected chi connectivity index (χ1v) is 7.57. The molecule has 6 nitrogen and oxygen atoms in total. The molecule has 0 aliphatic heterocycles. The molecule has 0 unspecified atom stereocenters. The fourth-order valence-electron chi connectivity index (χ4n) is 2.61. The minimum absolute atomic E-state index is 0.0410. The van der Waals surface area contributed by atoms with Gasteiger partial charge < -0.3 is 10.4 Å². The normalized spacial score (nSPS) is 10.9. The summed E-state index contributed by atoms with van der Waals surface area (Å²) < 4.78 is 1.78. The van der Waals surface area contributed by atoms with Gasteiger partial charge in [-0.15, -0.1) is 0 Å². The monoisotopic (exact) mass is 317 g/mol. The first-order chi connectivity index (χ1) is 11.9. The number of para-hydroxylation sites is 2. The number of hydrogen-bond acceptors (Lipinski definition) is 5. The summed E-state index contributed by atoms with van der Waals surface area (Å²) in [5.41, 5.74) is 3.28. The first kappa shape index (κ1) is 14.3. The highest BCUT2D eigenvalue weighted by Gasteiger charge is 2.12. The summed E-state index contributed by atoms with van der Waals surface area (Å²) in [6, 6.07) is 17.4. The number of aliphatic hydroxyl groups is 1. The summed E-state index contributed by atoms with van der Waals surface area (Å²) in [7, 11) is 0. The Bertz CT molecular complexity index is 981. The topological polar surface area (TPSA) is 75.9 Å². The molecule has 2 heterocycles. The third-order valence-corrected chi connectivity index (χ3v) is 3.81. The molecule has 118 valence electrons. The zero-order chi connectivity index (χ0) is 16.4. The Morgan fingerprint density at radius 2 is 1.75 bits per heavy atom. The van der Waals surface area contributed by atoms with Crippen molar-refractivity contribution in [2.24, 2.45) is 0 Å². The zero-order valence-electron chi connectivity index (χ0n) is 12.8. The van der Waals surface area contributed by atoms with Gasteiger partial charge in [0.15, 0.2) is 5.65 Å². The fraction of sp³-hybridized carbons (Fsp3) is 0.0556. The third-order valence-electron chi connectivity index (χ3n) is 3.81. The smallest absolute Gasteiger partial charge is 0.168 e. The number of nitrogens with zero attached hydrogens (tertiary/aromatic N) is 4. The van der Waals surface area contributed by atoms with E-state index in [0.29, 0.717) is 5.82 Å². The van der Waals surface area contributed by atoms with E-state index in [0.717, 1.165) is 28.0 Å². The van der Waals surface area contributed by atoms with E-state index in [4.69, 9.17) is 0 Å². The van der Waals surface area contributed by atoms with Crippen LogP contribution >= 0.6 is 0 Å². The van der Waals surface area contributed by atoms with E-state index in [1.165, 1.54) is 6.33 Å². The lowest BCUT2D eigenvalue weighted by Crippen LogP contribution is -2.00. The van der Waals surface area contributed by atoms with Crippen LogP contribution in [0.15, 0.2) is 67.1 Å². The molecule has 24 heavy (non-hydrogen) atoms. The Morgan fingerprint density at radius 3 is 2.58 bits per heavy atom. The van der Waals surface area contributed by atoms with E-state index in [1.54, 1.807) is 10.9 Å². The lowest BCUT2D eigenvalue weighted by atomic mass is 10.2. The molecular weight excluding hydrogens is 302 g/mol. The van der Waals surface area contributed by atoms with Crippen molar-refractivity contribution < 1.29 is 5.11 Å². The number of nitrogens with one attached hydrogen (secondary N) is 1. The summed E-state index contributed by atoms with van der Waals surface area (Å²) in [6.45, 7) is -0.0410. The van der Waals surface area contributed by atoms with Crippen LogP contribution < -0.4 is 5.32 Å². The van der Waals surface area contributed by atoms with E-state index in [9.17, 15) is 5.11 Å². The highest BCUT2D eigenvalue weighted by Crippen LogP contribution is 2.26. The van der Waals surface area contributed by atoms with Gasteiger partial charge in [0.25, 0.3) is 0 Å². The Hall–Kier alpha value is -3.25. The number of aromatic nitrogens is 4. The van der Waals surface area contributed by atoms with Crippen LogP contribution in [0.5, 0.6) is 0 Å². The Morgan fingerprint density at radius 1 is 0.958 bits per heavy atom. The summed E-state index contributed by atoms with van der Waals surface area (Å²) in [4.78, 5) is 8.69. The van der Waals surface area contributed by atoms with Crippen LogP contribution in [0, 0.1) is 0 Å². The molecule has 0 amide bonds. The average Bonchev–Trinajstić information content (AvgIpc) is 3.08. The van der Waals surface area contributed by atoms with Crippen LogP contribution in [0.25, 0.3) is 16.7 Å². The SMILES string of the molecule is OCc1ccccc1Nc1ncnc2c1cnn2-c1ccccc1. The van der Waals surface area contributed by atoms with Crippen molar-refractivity contribution in [2.75, 3.05) is 5.32 Å². The maximum atomic E-state index is 9.47. The summed E-state index contributed by atoms with van der Waals surface area (Å²) in [5.74, 6) is 0.656. The predicted molar refractivity (Wildman–Crippen MR) is 92.3 cm³/mol. The van der Waals surface area contributed by atoms with Crippen molar-refractivity contribution in [1.82, 2.24) is 19.7 Å². The van der Waals surface area contributed by atoms with Crippen molar-refractivity contribution >= 4 is 22.5 Å². The number of hydrogen-bond donors (Lipinski definition) is 2. The standard InChI is InChI=1S/C18H15N5O/c24-11-13-6-4-5-9-16(13)22-17-15-10-21-23(18(15)20-12-19-17)14-7-2-1-3-8-14/h1-10,12,24H,11H2,(H,19,20,22). The second-order valence-electron chi connectivity index (χ2n) is 5.29. The van der Waals surface area contributed by atoms with Gasteiger partial charge in [0.2, 0.25) is 0 Å². The second kappa shape index (κ2) is 6.10. The molecule has 0 atom stereocenters. The molecule has 0 aliphatic rings. The number of aliphatic hydroxyl groups excluding tert-OH is 1. The Labute approximate surface area is 138 Å². The van der Waals surface area contributed by atoms with E-state index < -0.39 is 0 Å². The van der Waals surface area contributed by atoms with Gasteiger partial charge in [0.05, 0.1) is 23.9 Å². The highest BCUT2D eigenvalue weighted by molar-refractivity contribution is 5.89. The first-order valence-electron chi connectivity index (χ1n) is 7.57. The largest absolute Gasteiger partial charge is 0.392 e. The lowest BCUT2D eigenvalue weighted by Gasteiger charge is -2.10. The second-order valence-corrected chi connectivity index (χ2v) is 5.29. The molecule has 2 N–H and O–H groups in total. The predicted octanol–water partition coefficient (Wildman–Crippen LogP) is 3.05. The van der Waals surface area contributed by atoms with Crippen molar-refractivity contribution in [3.8, 4) is 5.69 Å². The van der Waals surface area contributed by atoms with Gasteiger partial charge in [-0.1, -0.05) is 36.4 Å². The summed E-state index contributed by atoms with van der Waals surface area (Å²) in [6.07, 6.45) is 3.25. The summed E-state index contributed by atoms with van der Waals surface area (Å²) in [5, 5.41) is 18.0. The van der Waals surface area contributed by atoms with E-state index in [1.807, 2.05) is 54.6 Å². The molecule has 0 bridgehead atoms. The quantitative estimate of drug-likeness (QED) is 0.605. The van der Waals surface area contributed by atoms with Crippen LogP contribution in [0.2, 0.25) is 0 Å². The van der Waals surface area contributed by atoms with Gasteiger partial charge >= 0.3 is 0 Å². The van der Waals surface area contributed by atoms with E-state index in [2.05, 4.69) is 20.4 Å². The average molecular weight is 317 g/mol. The number of rotatable bonds is 4. The van der Waals surface area contributed by atoms with Crippen LogP contribution in [0.4, 0.5) is 11.5 Å². The molecule has 4 rings (SSSR count). The van der Waals surface area contributed by atoms with Gasteiger partial charge in [-0.25, -0.2) is 14.6 Å². The molecular formula is C18H15N5O. The van der Waals surface area contributed by atoms with Gasteiger partial charge in [0, 0.05) is 11.3 Å². The van der Waals surface area contributed by atoms with Crippen LogP contribution in [0.1, 0.15) is 5.56 Å². The van der Waals surface area contributed by atoms with Crippen molar-refractivity contribution in [3.63, 3.8) is 0 Å². The molecule has 2 aromatic carbocycles. The number of benzene rings is 2. The minimum atomic E-state index is -0.0410. The molecule has 0 radical (unpaired) electrons. The van der Waals surface area contributed by atoms with E-state index in [-0.39, 0.29) is 6.61 Å².